The van der Waals surface area contributed by atoms with Crippen LogP contribution in [0.1, 0.15) is 25.3 Å². The zero-order chi connectivity index (χ0) is 18.2. The number of hydrogen-bond donors (Lipinski definition) is 2. The monoisotopic (exact) mass is 350 g/mol. The molecule has 0 aliphatic carbocycles. The number of rotatable bonds is 8. The van der Waals surface area contributed by atoms with Crippen LogP contribution in [0.3, 0.4) is 0 Å². The highest BCUT2D eigenvalue weighted by Crippen LogP contribution is 2.13. The van der Waals surface area contributed by atoms with Crippen molar-refractivity contribution in [3.8, 4) is 5.88 Å². The largest absolute Gasteiger partial charge is 0.494 e. The molecule has 0 radical (unpaired) electrons. The lowest BCUT2D eigenvalue weighted by Crippen LogP contribution is -2.37. The van der Waals surface area contributed by atoms with Crippen LogP contribution in [-0.2, 0) is 11.3 Å². The highest BCUT2D eigenvalue weighted by molar-refractivity contribution is 6.01. The van der Waals surface area contributed by atoms with Crippen molar-refractivity contribution in [3.05, 3.63) is 39.1 Å². The molecular weight excluding hydrogens is 324 g/mol. The van der Waals surface area contributed by atoms with Crippen LogP contribution in [0.25, 0.3) is 0 Å². The summed E-state index contributed by atoms with van der Waals surface area (Å²) >= 11 is 0. The Hall–Kier alpha value is -2.19. The second-order valence-corrected chi connectivity index (χ2v) is 5.85. The number of allylic oxidation sites excluding steroid dienone is 1. The van der Waals surface area contributed by atoms with Gasteiger partial charge in [-0.1, -0.05) is 13.0 Å². The first kappa shape index (κ1) is 19.1. The van der Waals surface area contributed by atoms with Gasteiger partial charge in [-0.05, 0) is 12.8 Å². The Morgan fingerprint density at radius 3 is 2.76 bits per heavy atom. The van der Waals surface area contributed by atoms with Gasteiger partial charge in [0.15, 0.2) is 0 Å². The van der Waals surface area contributed by atoms with Gasteiger partial charge in [0.25, 0.3) is 5.56 Å². The molecule has 0 unspecified atom stereocenters. The number of ether oxygens (including phenoxy) is 1. The first-order valence-electron chi connectivity index (χ1n) is 8.59. The molecule has 8 nitrogen and oxygen atoms in total. The molecule has 138 valence electrons. The van der Waals surface area contributed by atoms with E-state index >= 15 is 0 Å². The first-order chi connectivity index (χ1) is 12.1. The predicted octanol–water partition coefficient (Wildman–Crippen LogP) is 0.350. The second kappa shape index (κ2) is 9.33. The van der Waals surface area contributed by atoms with E-state index in [2.05, 4.69) is 21.5 Å². The molecule has 0 aromatic carbocycles. The maximum atomic E-state index is 12.1. The van der Waals surface area contributed by atoms with Crippen LogP contribution in [-0.4, -0.2) is 64.7 Å². The quantitative estimate of drug-likeness (QED) is 0.400. The zero-order valence-electron chi connectivity index (χ0n) is 14.7. The van der Waals surface area contributed by atoms with Crippen molar-refractivity contribution in [2.75, 3.05) is 39.4 Å². The number of hydrogen-bond acceptors (Lipinski definition) is 6. The van der Waals surface area contributed by atoms with Crippen molar-refractivity contribution < 1.29 is 9.84 Å². The predicted molar refractivity (Wildman–Crippen MR) is 96.8 cm³/mol. The van der Waals surface area contributed by atoms with Gasteiger partial charge in [0.2, 0.25) is 5.88 Å². The van der Waals surface area contributed by atoms with E-state index in [1.54, 1.807) is 0 Å². The van der Waals surface area contributed by atoms with Crippen molar-refractivity contribution in [1.29, 1.82) is 0 Å². The van der Waals surface area contributed by atoms with Crippen LogP contribution in [0.4, 0.5) is 0 Å². The molecule has 2 heterocycles. The average molecular weight is 350 g/mol. The fraction of sp³-hybridized carbons (Fsp3) is 0.588. The smallest absolute Gasteiger partial charge is 0.331 e. The molecule has 0 amide bonds. The van der Waals surface area contributed by atoms with Crippen LogP contribution < -0.4 is 11.2 Å². The Kier molecular flexibility index (Phi) is 7.15. The molecule has 2 N–H and O–H groups in total. The minimum Gasteiger partial charge on any atom is -0.494 e. The van der Waals surface area contributed by atoms with Crippen molar-refractivity contribution in [3.63, 3.8) is 0 Å². The van der Waals surface area contributed by atoms with E-state index in [9.17, 15) is 14.7 Å². The highest BCUT2D eigenvalue weighted by atomic mass is 16.5. The number of nitrogens with one attached hydrogen (secondary N) is 1. The molecular formula is C17H26N4O4. The lowest BCUT2D eigenvalue weighted by Gasteiger charge is -2.26. The van der Waals surface area contributed by atoms with Crippen molar-refractivity contribution >= 4 is 5.71 Å². The third kappa shape index (κ3) is 4.90. The number of aromatic nitrogens is 2. The van der Waals surface area contributed by atoms with E-state index in [4.69, 9.17) is 4.74 Å². The molecule has 1 fully saturated rings. The topological polar surface area (TPSA) is 99.9 Å². The standard InChI is InChI=1S/C17H26N4O4/c1-3-7-21-16(23)14(15(22)19-17(21)24)13(4-2)18-6-5-8-20-9-11-25-12-10-20/h3,23H,1,4-12H2,2H3,(H,19,22,24). The van der Waals surface area contributed by atoms with Gasteiger partial charge in [-0.15, -0.1) is 6.58 Å². The molecule has 1 aromatic heterocycles. The van der Waals surface area contributed by atoms with E-state index in [0.717, 1.165) is 43.8 Å². The Labute approximate surface area is 146 Å². The summed E-state index contributed by atoms with van der Waals surface area (Å²) in [5.74, 6) is -0.359. The summed E-state index contributed by atoms with van der Waals surface area (Å²) in [6.07, 6.45) is 2.82. The van der Waals surface area contributed by atoms with Gasteiger partial charge in [-0.2, -0.15) is 0 Å². The summed E-state index contributed by atoms with van der Waals surface area (Å²) in [4.78, 5) is 33.0. The number of morpholine rings is 1. The van der Waals surface area contributed by atoms with Crippen LogP contribution >= 0.6 is 0 Å². The molecule has 2 rings (SSSR count). The lowest BCUT2D eigenvalue weighted by molar-refractivity contribution is 0.0377. The molecule has 1 aromatic rings. The SMILES string of the molecule is C=CCn1c(O)c(C(CC)=NCCCN2CCOCC2)c(=O)[nH]c1=O. The number of H-pyrrole nitrogens is 1. The minimum absolute atomic E-state index is 0.0651. The Balaban J connectivity index is 2.13. The van der Waals surface area contributed by atoms with Gasteiger partial charge < -0.3 is 9.84 Å². The molecule has 8 heteroatoms. The van der Waals surface area contributed by atoms with Crippen LogP contribution in [0.2, 0.25) is 0 Å². The maximum absolute atomic E-state index is 12.1. The summed E-state index contributed by atoms with van der Waals surface area (Å²) in [5, 5.41) is 10.3. The fourth-order valence-electron chi connectivity index (χ4n) is 2.82. The minimum atomic E-state index is -0.658. The van der Waals surface area contributed by atoms with E-state index < -0.39 is 11.2 Å². The number of aromatic hydroxyl groups is 1. The van der Waals surface area contributed by atoms with Crippen molar-refractivity contribution in [1.82, 2.24) is 14.5 Å². The maximum Gasteiger partial charge on any atom is 0.331 e. The van der Waals surface area contributed by atoms with Crippen molar-refractivity contribution in [2.24, 2.45) is 4.99 Å². The van der Waals surface area contributed by atoms with E-state index in [1.165, 1.54) is 6.08 Å². The summed E-state index contributed by atoms with van der Waals surface area (Å²) in [6, 6.07) is 0. The Morgan fingerprint density at radius 1 is 1.40 bits per heavy atom. The Bertz CT molecular complexity index is 729. The molecule has 1 aliphatic rings. The van der Waals surface area contributed by atoms with Crippen molar-refractivity contribution in [2.45, 2.75) is 26.3 Å². The summed E-state index contributed by atoms with van der Waals surface area (Å²) in [7, 11) is 0. The normalized spacial score (nSPS) is 16.1. The van der Waals surface area contributed by atoms with Crippen LogP contribution in [0.5, 0.6) is 5.88 Å². The summed E-state index contributed by atoms with van der Waals surface area (Å²) in [6.45, 7) is 10.4. The zero-order valence-corrected chi connectivity index (χ0v) is 14.7. The van der Waals surface area contributed by atoms with Crippen LogP contribution in [0, 0.1) is 0 Å². The number of nitrogens with zero attached hydrogens (tertiary/aromatic N) is 3. The fourth-order valence-corrected chi connectivity index (χ4v) is 2.82. The first-order valence-corrected chi connectivity index (χ1v) is 8.59. The molecule has 1 saturated heterocycles. The molecule has 25 heavy (non-hydrogen) atoms. The molecule has 1 aliphatic heterocycles. The van der Waals surface area contributed by atoms with Gasteiger partial charge in [0.1, 0.15) is 5.56 Å². The molecule has 0 spiro atoms. The third-order valence-corrected chi connectivity index (χ3v) is 4.15. The highest BCUT2D eigenvalue weighted by Gasteiger charge is 2.17. The average Bonchev–Trinajstić information content (AvgIpc) is 2.61. The molecule has 0 saturated carbocycles. The van der Waals surface area contributed by atoms with Gasteiger partial charge >= 0.3 is 5.69 Å². The van der Waals surface area contributed by atoms with E-state index in [0.29, 0.717) is 18.7 Å². The van der Waals surface area contributed by atoms with Crippen LogP contribution in [0.15, 0.2) is 27.2 Å². The summed E-state index contributed by atoms with van der Waals surface area (Å²) in [5.41, 5.74) is -0.709. The van der Waals surface area contributed by atoms with E-state index in [-0.39, 0.29) is 18.0 Å². The van der Waals surface area contributed by atoms with Gasteiger partial charge in [0, 0.05) is 32.7 Å². The summed E-state index contributed by atoms with van der Waals surface area (Å²) < 4.78 is 6.39. The Morgan fingerprint density at radius 2 is 2.12 bits per heavy atom. The lowest BCUT2D eigenvalue weighted by atomic mass is 10.1. The number of aromatic amines is 1. The van der Waals surface area contributed by atoms with Gasteiger partial charge in [0.05, 0.1) is 18.9 Å². The van der Waals surface area contributed by atoms with Gasteiger partial charge in [-0.3, -0.25) is 24.2 Å². The second-order valence-electron chi connectivity index (χ2n) is 5.85. The number of aliphatic imine (C=N–C) groups is 1. The molecule has 0 atom stereocenters. The van der Waals surface area contributed by atoms with Gasteiger partial charge in [-0.25, -0.2) is 4.79 Å². The molecule has 0 bridgehead atoms. The third-order valence-electron chi connectivity index (χ3n) is 4.15. The van der Waals surface area contributed by atoms with E-state index in [1.807, 2.05) is 6.92 Å².